The number of carbonyl (C=O) groups is 2. The van der Waals surface area contributed by atoms with Gasteiger partial charge in [0.05, 0.1) is 22.6 Å². The molecule has 2 amide bonds. The molecule has 1 aromatic heterocycles. The fourth-order valence-corrected chi connectivity index (χ4v) is 6.44. The van der Waals surface area contributed by atoms with Gasteiger partial charge >= 0.3 is 0 Å². The van der Waals surface area contributed by atoms with Crippen molar-refractivity contribution in [2.24, 2.45) is 0 Å². The highest BCUT2D eigenvalue weighted by atomic mass is 32.2. The van der Waals surface area contributed by atoms with Gasteiger partial charge in [-0.15, -0.1) is 0 Å². The van der Waals surface area contributed by atoms with Gasteiger partial charge < -0.3 is 20.1 Å². The topological polar surface area (TPSA) is 103 Å². The molecule has 3 heterocycles. The number of amides is 2. The van der Waals surface area contributed by atoms with Crippen LogP contribution in [-0.2, 0) is 31.6 Å². The van der Waals surface area contributed by atoms with Gasteiger partial charge in [-0.25, -0.2) is 8.42 Å². The van der Waals surface area contributed by atoms with Gasteiger partial charge in [0.2, 0.25) is 5.91 Å². The molecule has 2 aromatic carbocycles. The van der Waals surface area contributed by atoms with E-state index in [2.05, 4.69) is 22.2 Å². The van der Waals surface area contributed by atoms with Gasteiger partial charge in [0.25, 0.3) is 5.91 Å². The highest BCUT2D eigenvalue weighted by Crippen LogP contribution is 2.36. The van der Waals surface area contributed by atoms with Gasteiger partial charge in [-0.3, -0.25) is 9.59 Å². The first-order chi connectivity index (χ1) is 18.1. The monoisotopic (exact) mass is 532 g/mol. The van der Waals surface area contributed by atoms with Crippen LogP contribution in [0.2, 0.25) is 0 Å². The summed E-state index contributed by atoms with van der Waals surface area (Å²) in [4.78, 5) is 33.5. The summed E-state index contributed by atoms with van der Waals surface area (Å²) in [7, 11) is -1.55. The Hall–Kier alpha value is -3.69. The van der Waals surface area contributed by atoms with E-state index >= 15 is 0 Å². The SMILES string of the molecule is Cc1[nH]c(C=C2C(=O)Nc3ccc(S(=O)(=O)Cc4ccccc4)cc32)c(C)c1CC(=O)N1CCN(C)CC1. The molecule has 38 heavy (non-hydrogen) atoms. The predicted molar refractivity (Wildman–Crippen MR) is 148 cm³/mol. The first-order valence-corrected chi connectivity index (χ1v) is 14.4. The number of hydrogen-bond donors (Lipinski definition) is 2. The minimum absolute atomic E-state index is 0.0970. The van der Waals surface area contributed by atoms with Gasteiger partial charge in [0.1, 0.15) is 0 Å². The Morgan fingerprint density at radius 1 is 1.03 bits per heavy atom. The van der Waals surface area contributed by atoms with Crippen LogP contribution in [0.1, 0.15) is 33.6 Å². The van der Waals surface area contributed by atoms with E-state index < -0.39 is 9.84 Å². The number of aromatic amines is 1. The first-order valence-electron chi connectivity index (χ1n) is 12.7. The number of H-pyrrole nitrogens is 1. The summed E-state index contributed by atoms with van der Waals surface area (Å²) in [5.74, 6) is -0.314. The van der Waals surface area contributed by atoms with Crippen molar-refractivity contribution < 1.29 is 18.0 Å². The molecule has 0 bridgehead atoms. The minimum atomic E-state index is -3.61. The molecule has 2 aliphatic heterocycles. The third-order valence-electron chi connectivity index (χ3n) is 7.44. The molecule has 0 spiro atoms. The van der Waals surface area contributed by atoms with E-state index in [4.69, 9.17) is 0 Å². The summed E-state index contributed by atoms with van der Waals surface area (Å²) in [6, 6.07) is 13.8. The van der Waals surface area contributed by atoms with Crippen molar-refractivity contribution in [1.82, 2.24) is 14.8 Å². The number of likely N-dealkylation sites (N-methyl/N-ethyl adjacent to an activating group) is 1. The average molecular weight is 533 g/mol. The molecule has 0 radical (unpaired) electrons. The third kappa shape index (κ3) is 5.16. The van der Waals surface area contributed by atoms with Gasteiger partial charge in [-0.1, -0.05) is 30.3 Å². The zero-order valence-electron chi connectivity index (χ0n) is 21.9. The Bertz CT molecular complexity index is 1530. The lowest BCUT2D eigenvalue weighted by Crippen LogP contribution is -2.47. The molecule has 9 heteroatoms. The first kappa shape index (κ1) is 25.9. The number of anilines is 1. The zero-order chi connectivity index (χ0) is 27.0. The van der Waals surface area contributed by atoms with Gasteiger partial charge in [0.15, 0.2) is 9.84 Å². The molecular formula is C29H32N4O4S. The van der Waals surface area contributed by atoms with E-state index in [0.717, 1.165) is 48.7 Å². The fourth-order valence-electron chi connectivity index (χ4n) is 5.07. The Morgan fingerprint density at radius 3 is 2.45 bits per heavy atom. The zero-order valence-corrected chi connectivity index (χ0v) is 22.7. The van der Waals surface area contributed by atoms with Crippen LogP contribution in [0.5, 0.6) is 0 Å². The lowest BCUT2D eigenvalue weighted by molar-refractivity contribution is -0.132. The summed E-state index contributed by atoms with van der Waals surface area (Å²) < 4.78 is 26.3. The maximum Gasteiger partial charge on any atom is 0.256 e. The highest BCUT2D eigenvalue weighted by molar-refractivity contribution is 7.90. The smallest absolute Gasteiger partial charge is 0.256 e. The summed E-state index contributed by atoms with van der Waals surface area (Å²) in [6.45, 7) is 7.05. The number of fused-ring (bicyclic) bond motifs is 1. The molecule has 198 valence electrons. The van der Waals surface area contributed by atoms with E-state index in [-0.39, 0.29) is 22.5 Å². The Kier molecular flexibility index (Phi) is 6.98. The standard InChI is InChI=1S/C29H32N4O4S/c1-19-23(17-28(34)33-13-11-32(3)12-14-33)20(2)30-27(19)16-25-24-15-22(9-10-26(24)31-29(25)35)38(36,37)18-21-7-5-4-6-8-21/h4-10,15-16,30H,11-14,17-18H2,1-3H3,(H,31,35). The number of aryl methyl sites for hydroxylation is 1. The second kappa shape index (κ2) is 10.2. The molecule has 0 saturated carbocycles. The number of carbonyl (C=O) groups excluding carboxylic acids is 2. The lowest BCUT2D eigenvalue weighted by Gasteiger charge is -2.32. The Labute approximate surface area is 223 Å². The van der Waals surface area contributed by atoms with Crippen molar-refractivity contribution in [3.8, 4) is 0 Å². The van der Waals surface area contributed by atoms with Crippen molar-refractivity contribution in [3.05, 3.63) is 82.2 Å². The normalized spacial score (nSPS) is 17.1. The molecule has 8 nitrogen and oxygen atoms in total. The van der Waals surface area contributed by atoms with Crippen molar-refractivity contribution in [2.75, 3.05) is 38.5 Å². The number of nitrogens with one attached hydrogen (secondary N) is 2. The maximum atomic E-state index is 13.1. The van der Waals surface area contributed by atoms with Crippen molar-refractivity contribution in [2.45, 2.75) is 30.9 Å². The molecule has 2 N–H and O–H groups in total. The number of sulfone groups is 1. The van der Waals surface area contributed by atoms with Crippen LogP contribution in [0.3, 0.4) is 0 Å². The largest absolute Gasteiger partial charge is 0.359 e. The molecular weight excluding hydrogens is 500 g/mol. The number of rotatable bonds is 6. The van der Waals surface area contributed by atoms with Gasteiger partial charge in [-0.2, -0.15) is 0 Å². The van der Waals surface area contributed by atoms with E-state index in [1.54, 1.807) is 30.3 Å². The molecule has 1 fully saturated rings. The average Bonchev–Trinajstić information content (AvgIpc) is 3.34. The van der Waals surface area contributed by atoms with E-state index in [9.17, 15) is 18.0 Å². The Balaban J connectivity index is 1.42. The molecule has 0 atom stereocenters. The number of aromatic nitrogens is 1. The second-order valence-corrected chi connectivity index (χ2v) is 12.1. The molecule has 0 aliphatic carbocycles. The van der Waals surface area contributed by atoms with Crippen LogP contribution in [0, 0.1) is 13.8 Å². The van der Waals surface area contributed by atoms with Crippen molar-refractivity contribution >= 4 is 39.0 Å². The molecule has 1 saturated heterocycles. The summed E-state index contributed by atoms with van der Waals surface area (Å²) >= 11 is 0. The lowest BCUT2D eigenvalue weighted by atomic mass is 10.0. The van der Waals surface area contributed by atoms with Gasteiger partial charge in [-0.05, 0) is 61.9 Å². The molecule has 5 rings (SSSR count). The van der Waals surface area contributed by atoms with Crippen molar-refractivity contribution in [3.63, 3.8) is 0 Å². The molecule has 2 aliphatic rings. The fraction of sp³-hybridized carbons (Fsp3) is 0.310. The maximum absolute atomic E-state index is 13.1. The van der Waals surface area contributed by atoms with E-state index in [1.165, 1.54) is 6.07 Å². The summed E-state index contributed by atoms with van der Waals surface area (Å²) in [6.07, 6.45) is 2.05. The van der Waals surface area contributed by atoms with Crippen LogP contribution in [0.4, 0.5) is 5.69 Å². The number of benzene rings is 2. The minimum Gasteiger partial charge on any atom is -0.359 e. The number of nitrogens with zero attached hydrogens (tertiary/aromatic N) is 2. The second-order valence-electron chi connectivity index (χ2n) is 10.1. The molecule has 0 unspecified atom stereocenters. The van der Waals surface area contributed by atoms with Crippen LogP contribution < -0.4 is 5.32 Å². The van der Waals surface area contributed by atoms with Crippen LogP contribution in [0.25, 0.3) is 11.6 Å². The summed E-state index contributed by atoms with van der Waals surface area (Å²) in [5.41, 5.74) is 5.67. The quantitative estimate of drug-likeness (QED) is 0.474. The summed E-state index contributed by atoms with van der Waals surface area (Å²) in [5, 5.41) is 2.84. The van der Waals surface area contributed by atoms with Gasteiger partial charge in [0, 0.05) is 48.8 Å². The van der Waals surface area contributed by atoms with E-state index in [1.807, 2.05) is 36.9 Å². The van der Waals surface area contributed by atoms with Crippen LogP contribution in [-0.4, -0.2) is 68.2 Å². The third-order valence-corrected chi connectivity index (χ3v) is 9.12. The highest BCUT2D eigenvalue weighted by Gasteiger charge is 2.28. The number of hydrogen-bond acceptors (Lipinski definition) is 5. The predicted octanol–water partition coefficient (Wildman–Crippen LogP) is 3.41. The number of piperazine rings is 1. The molecule has 3 aromatic rings. The van der Waals surface area contributed by atoms with E-state index in [0.29, 0.717) is 28.8 Å². The van der Waals surface area contributed by atoms with Crippen LogP contribution >= 0.6 is 0 Å². The van der Waals surface area contributed by atoms with Crippen molar-refractivity contribution in [1.29, 1.82) is 0 Å². The Morgan fingerprint density at radius 2 is 1.74 bits per heavy atom. The van der Waals surface area contributed by atoms with Crippen LogP contribution in [0.15, 0.2) is 53.4 Å².